The van der Waals surface area contributed by atoms with Crippen LogP contribution in [0.5, 0.6) is 0 Å². The van der Waals surface area contributed by atoms with Crippen molar-refractivity contribution in [2.24, 2.45) is 0 Å². The highest BCUT2D eigenvalue weighted by molar-refractivity contribution is 6.34. The van der Waals surface area contributed by atoms with Crippen LogP contribution in [-0.2, 0) is 0 Å². The monoisotopic (exact) mass is 215 g/mol. The Labute approximate surface area is 81.7 Å². The first kappa shape index (κ1) is 8.89. The van der Waals surface area contributed by atoms with E-state index in [-0.39, 0.29) is 21.7 Å². The fourth-order valence-electron chi connectivity index (χ4n) is 1.20. The molecule has 0 aromatic carbocycles. The highest BCUT2D eigenvalue weighted by Crippen LogP contribution is 2.30. The van der Waals surface area contributed by atoms with E-state index >= 15 is 0 Å². The van der Waals surface area contributed by atoms with E-state index in [1.165, 1.54) is 0 Å². The number of fused-ring (bicyclic) bond motifs is 1. The van der Waals surface area contributed by atoms with Crippen LogP contribution in [0.1, 0.15) is 0 Å². The van der Waals surface area contributed by atoms with Gasteiger partial charge >= 0.3 is 0 Å². The van der Waals surface area contributed by atoms with E-state index in [2.05, 4.69) is 9.97 Å². The highest BCUT2D eigenvalue weighted by atomic mass is 35.5. The van der Waals surface area contributed by atoms with Crippen LogP contribution >= 0.6 is 11.6 Å². The smallest absolute Gasteiger partial charge is 0.297 e. The molecule has 0 aliphatic heterocycles. The third kappa shape index (κ3) is 1.12. The molecule has 0 atom stereocenters. The van der Waals surface area contributed by atoms with Gasteiger partial charge in [-0.05, 0) is 0 Å². The lowest BCUT2D eigenvalue weighted by Crippen LogP contribution is -1.88. The number of pyridine rings is 1. The van der Waals surface area contributed by atoms with Crippen molar-refractivity contribution in [2.75, 3.05) is 0 Å². The van der Waals surface area contributed by atoms with Crippen molar-refractivity contribution < 1.29 is 9.31 Å². The number of nitrogens with zero attached hydrogens (tertiary/aromatic N) is 2. The fourth-order valence-corrected chi connectivity index (χ4v) is 1.40. The molecule has 14 heavy (non-hydrogen) atoms. The number of halogens is 2. The second-order valence-corrected chi connectivity index (χ2v) is 2.94. The zero-order valence-electron chi connectivity index (χ0n) is 6.62. The molecule has 0 saturated carbocycles. The van der Waals surface area contributed by atoms with Crippen molar-refractivity contribution in [1.82, 2.24) is 9.97 Å². The van der Waals surface area contributed by atoms with Crippen molar-refractivity contribution in [2.45, 2.75) is 0 Å². The maximum absolute atomic E-state index is 13.2. The first-order chi connectivity index (χ1) is 6.61. The van der Waals surface area contributed by atoms with Gasteiger partial charge in [-0.15, -0.1) is 0 Å². The van der Waals surface area contributed by atoms with Crippen LogP contribution in [0.25, 0.3) is 10.9 Å². The summed E-state index contributed by atoms with van der Waals surface area (Å²) in [7, 11) is 0. The molecule has 0 fully saturated rings. The molecule has 0 radical (unpaired) electrons. The lowest BCUT2D eigenvalue weighted by atomic mass is 10.3. The predicted octanol–water partition coefficient (Wildman–Crippen LogP) is 2.26. The molecule has 0 spiro atoms. The van der Waals surface area contributed by atoms with Gasteiger partial charge in [0.15, 0.2) is 11.0 Å². The Bertz CT molecular complexity index is 525. The zero-order valence-corrected chi connectivity index (χ0v) is 7.38. The van der Waals surface area contributed by atoms with Gasteiger partial charge in [0.1, 0.15) is 5.39 Å². The lowest BCUT2D eigenvalue weighted by Gasteiger charge is -1.93. The summed E-state index contributed by atoms with van der Waals surface area (Å²) in [5.74, 6) is -0.766. The minimum absolute atomic E-state index is 0.00880. The minimum Gasteiger partial charge on any atom is -0.353 e. The molecule has 0 aliphatic carbocycles. The average molecular weight is 216 g/mol. The summed E-state index contributed by atoms with van der Waals surface area (Å²) in [5.41, 5.74) is -0.208. The first-order valence-electron chi connectivity index (χ1n) is 3.56. The van der Waals surface area contributed by atoms with Crippen LogP contribution in [0.4, 0.5) is 10.1 Å². The summed E-state index contributed by atoms with van der Waals surface area (Å²) in [6.07, 6.45) is 1.94. The second kappa shape index (κ2) is 2.91. The van der Waals surface area contributed by atoms with Crippen molar-refractivity contribution in [3.63, 3.8) is 0 Å². The molecule has 0 aliphatic rings. The number of H-pyrrole nitrogens is 1. The number of hydrogen-bond donors (Lipinski definition) is 1. The van der Waals surface area contributed by atoms with Crippen LogP contribution < -0.4 is 0 Å². The molecule has 1 N–H and O–H groups in total. The van der Waals surface area contributed by atoms with Crippen molar-refractivity contribution in [3.8, 4) is 0 Å². The molecule has 72 valence electrons. The molecule has 2 rings (SSSR count). The fraction of sp³-hybridized carbons (Fsp3) is 0. The van der Waals surface area contributed by atoms with Gasteiger partial charge in [0.25, 0.3) is 5.69 Å². The molecule has 0 amide bonds. The van der Waals surface area contributed by atoms with Crippen LogP contribution in [0.3, 0.4) is 0 Å². The van der Waals surface area contributed by atoms with Crippen molar-refractivity contribution in [3.05, 3.63) is 33.5 Å². The summed E-state index contributed by atoms with van der Waals surface area (Å²) in [6, 6.07) is 0. The second-order valence-electron chi connectivity index (χ2n) is 2.58. The van der Waals surface area contributed by atoms with Crippen LogP contribution in [0.2, 0.25) is 5.15 Å². The largest absolute Gasteiger partial charge is 0.353 e. The number of rotatable bonds is 1. The third-order valence-electron chi connectivity index (χ3n) is 1.79. The van der Waals surface area contributed by atoms with E-state index in [1.807, 2.05) is 0 Å². The predicted molar refractivity (Wildman–Crippen MR) is 47.7 cm³/mol. The summed E-state index contributed by atoms with van der Waals surface area (Å²) < 4.78 is 13.2. The molecular formula is C7H3ClFN3O2. The number of nitrogens with one attached hydrogen (secondary N) is 1. The van der Waals surface area contributed by atoms with Gasteiger partial charge in [-0.2, -0.15) is 0 Å². The minimum atomic E-state index is -0.766. The maximum atomic E-state index is 13.2. The Morgan fingerprint density at radius 2 is 2.36 bits per heavy atom. The SMILES string of the molecule is O=[N+]([O-])c1c[nH]c2c(Cl)ncc(F)c12. The Morgan fingerprint density at radius 3 is 3.00 bits per heavy atom. The number of nitro groups is 1. The molecule has 7 heteroatoms. The molecule has 0 saturated heterocycles. The first-order valence-corrected chi connectivity index (χ1v) is 3.94. The van der Waals surface area contributed by atoms with Crippen LogP contribution in [0, 0.1) is 15.9 Å². The van der Waals surface area contributed by atoms with Crippen LogP contribution in [0.15, 0.2) is 12.4 Å². The van der Waals surface area contributed by atoms with E-state index < -0.39 is 10.7 Å². The summed E-state index contributed by atoms with van der Waals surface area (Å²) in [5, 5.41) is 10.4. The highest BCUT2D eigenvalue weighted by Gasteiger charge is 2.20. The van der Waals surface area contributed by atoms with E-state index in [0.29, 0.717) is 0 Å². The maximum Gasteiger partial charge on any atom is 0.297 e. The number of hydrogen-bond acceptors (Lipinski definition) is 3. The van der Waals surface area contributed by atoms with Gasteiger partial charge in [-0.3, -0.25) is 10.1 Å². The van der Waals surface area contributed by atoms with E-state index in [1.54, 1.807) is 0 Å². The zero-order chi connectivity index (χ0) is 10.3. The Hall–Kier alpha value is -1.69. The molecule has 0 unspecified atom stereocenters. The van der Waals surface area contributed by atoms with Crippen LogP contribution in [-0.4, -0.2) is 14.9 Å². The summed E-state index contributed by atoms with van der Waals surface area (Å²) in [6.45, 7) is 0. The van der Waals surface area contributed by atoms with E-state index in [9.17, 15) is 14.5 Å². The summed E-state index contributed by atoms with van der Waals surface area (Å²) >= 11 is 5.62. The van der Waals surface area contributed by atoms with Gasteiger partial charge in [-0.1, -0.05) is 11.6 Å². The third-order valence-corrected chi connectivity index (χ3v) is 2.08. The normalized spacial score (nSPS) is 10.7. The lowest BCUT2D eigenvalue weighted by molar-refractivity contribution is -0.383. The molecular weight excluding hydrogens is 213 g/mol. The standard InChI is InChI=1S/C7H3ClFN3O2/c8-7-6-5(3(9)1-11-7)4(2-10-6)12(13)14/h1-2,10H. The van der Waals surface area contributed by atoms with Gasteiger partial charge < -0.3 is 4.98 Å². The topological polar surface area (TPSA) is 71.8 Å². The Morgan fingerprint density at radius 1 is 1.64 bits per heavy atom. The number of aromatic amines is 1. The summed E-state index contributed by atoms with van der Waals surface area (Å²) in [4.78, 5) is 15.8. The molecule has 2 aromatic heterocycles. The van der Waals surface area contributed by atoms with E-state index in [4.69, 9.17) is 11.6 Å². The number of aromatic nitrogens is 2. The Kier molecular flexibility index (Phi) is 1.85. The van der Waals surface area contributed by atoms with E-state index in [0.717, 1.165) is 12.4 Å². The van der Waals surface area contributed by atoms with Gasteiger partial charge in [0.05, 0.1) is 22.8 Å². The van der Waals surface area contributed by atoms with Gasteiger partial charge in [-0.25, -0.2) is 9.37 Å². The molecule has 5 nitrogen and oxygen atoms in total. The van der Waals surface area contributed by atoms with Crippen molar-refractivity contribution in [1.29, 1.82) is 0 Å². The molecule has 0 bridgehead atoms. The van der Waals surface area contributed by atoms with Gasteiger partial charge in [0, 0.05) is 0 Å². The molecule has 2 heterocycles. The quantitative estimate of drug-likeness (QED) is 0.451. The Balaban J connectivity index is 2.90. The van der Waals surface area contributed by atoms with Crippen molar-refractivity contribution >= 4 is 28.2 Å². The van der Waals surface area contributed by atoms with Gasteiger partial charge in [0.2, 0.25) is 0 Å². The average Bonchev–Trinajstić information content (AvgIpc) is 2.56. The molecule has 2 aromatic rings.